The average molecular weight is 306 g/mol. The van der Waals surface area contributed by atoms with E-state index in [0.717, 1.165) is 29.3 Å². The molecule has 1 atom stereocenters. The fourth-order valence-electron chi connectivity index (χ4n) is 2.32. The summed E-state index contributed by atoms with van der Waals surface area (Å²) in [4.78, 5) is 4.82. The topological polar surface area (TPSA) is 34.1 Å². The zero-order valence-corrected chi connectivity index (χ0v) is 13.3. The molecule has 5 heteroatoms. The van der Waals surface area contributed by atoms with Crippen LogP contribution in [0.3, 0.4) is 0 Å². The molecule has 1 unspecified atom stereocenters. The van der Waals surface area contributed by atoms with Crippen LogP contribution in [-0.4, -0.2) is 30.1 Å². The normalized spacial score (nSPS) is 19.0. The van der Waals surface area contributed by atoms with Gasteiger partial charge in [-0.15, -0.1) is 11.3 Å². The van der Waals surface area contributed by atoms with E-state index < -0.39 is 0 Å². The van der Waals surface area contributed by atoms with Gasteiger partial charge in [0.05, 0.1) is 18.8 Å². The Morgan fingerprint density at radius 1 is 1.40 bits per heavy atom. The minimum Gasteiger partial charge on any atom is -0.496 e. The molecule has 3 nitrogen and oxygen atoms in total. The molecule has 0 radical (unpaired) electrons. The summed E-state index contributed by atoms with van der Waals surface area (Å²) in [7, 11) is 1.71. The van der Waals surface area contributed by atoms with Crippen LogP contribution in [0.2, 0.25) is 0 Å². The molecule has 106 valence electrons. The van der Waals surface area contributed by atoms with Gasteiger partial charge in [0.1, 0.15) is 10.8 Å². The quantitative estimate of drug-likeness (QED) is 0.941. The van der Waals surface area contributed by atoms with E-state index in [2.05, 4.69) is 29.8 Å². The second kappa shape index (κ2) is 6.16. The molecule has 0 spiro atoms. The summed E-state index contributed by atoms with van der Waals surface area (Å²) in [5, 5.41) is 6.85. The van der Waals surface area contributed by atoms with Crippen LogP contribution < -0.4 is 10.1 Å². The Kier molecular flexibility index (Phi) is 4.29. The Hall–Kier alpha value is -1.04. The number of hydrogen-bond donors (Lipinski definition) is 1. The van der Waals surface area contributed by atoms with Gasteiger partial charge in [-0.25, -0.2) is 4.98 Å². The molecule has 1 aromatic heterocycles. The maximum atomic E-state index is 5.45. The number of methoxy groups -OCH3 is 1. The van der Waals surface area contributed by atoms with Gasteiger partial charge in [-0.1, -0.05) is 11.6 Å². The van der Waals surface area contributed by atoms with E-state index in [1.807, 2.05) is 17.8 Å². The number of benzene rings is 1. The fourth-order valence-corrected chi connectivity index (χ4v) is 4.26. The number of ether oxygens (including phenoxy) is 1. The molecule has 0 amide bonds. The summed E-state index contributed by atoms with van der Waals surface area (Å²) in [6, 6.07) is 6.61. The SMILES string of the molecule is COc1ccc(C)cc1-c1csc(C2CSCCN2)n1. The van der Waals surface area contributed by atoms with Crippen molar-refractivity contribution in [3.05, 3.63) is 34.2 Å². The smallest absolute Gasteiger partial charge is 0.128 e. The van der Waals surface area contributed by atoms with E-state index in [0.29, 0.717) is 6.04 Å². The summed E-state index contributed by atoms with van der Waals surface area (Å²) in [5.74, 6) is 3.19. The second-order valence-corrected chi connectivity index (χ2v) is 6.90. The van der Waals surface area contributed by atoms with Crippen molar-refractivity contribution in [3.8, 4) is 17.0 Å². The van der Waals surface area contributed by atoms with Crippen molar-refractivity contribution in [2.45, 2.75) is 13.0 Å². The summed E-state index contributed by atoms with van der Waals surface area (Å²) in [6.07, 6.45) is 0. The Balaban J connectivity index is 1.91. The average Bonchev–Trinajstić information content (AvgIpc) is 2.98. The molecule has 0 saturated carbocycles. The highest BCUT2D eigenvalue weighted by molar-refractivity contribution is 7.99. The maximum absolute atomic E-state index is 5.45. The lowest BCUT2D eigenvalue weighted by atomic mass is 10.1. The van der Waals surface area contributed by atoms with E-state index >= 15 is 0 Å². The monoisotopic (exact) mass is 306 g/mol. The second-order valence-electron chi connectivity index (χ2n) is 4.86. The zero-order valence-electron chi connectivity index (χ0n) is 11.7. The minimum atomic E-state index is 0.392. The van der Waals surface area contributed by atoms with Gasteiger partial charge >= 0.3 is 0 Å². The molecule has 1 aliphatic heterocycles. The molecule has 1 fully saturated rings. The molecule has 20 heavy (non-hydrogen) atoms. The molecule has 1 saturated heterocycles. The van der Waals surface area contributed by atoms with Gasteiger partial charge in [0.25, 0.3) is 0 Å². The summed E-state index contributed by atoms with van der Waals surface area (Å²) in [6.45, 7) is 3.16. The van der Waals surface area contributed by atoms with Crippen molar-refractivity contribution in [2.75, 3.05) is 25.2 Å². The lowest BCUT2D eigenvalue weighted by Gasteiger charge is -2.20. The van der Waals surface area contributed by atoms with Crippen molar-refractivity contribution in [1.82, 2.24) is 10.3 Å². The number of thioether (sulfide) groups is 1. The third-order valence-corrected chi connectivity index (χ3v) is 5.39. The van der Waals surface area contributed by atoms with E-state index in [-0.39, 0.29) is 0 Å². The predicted octanol–water partition coefficient (Wildman–Crippen LogP) is 3.50. The van der Waals surface area contributed by atoms with Crippen LogP contribution in [-0.2, 0) is 0 Å². The zero-order chi connectivity index (χ0) is 13.9. The molecule has 1 N–H and O–H groups in total. The van der Waals surface area contributed by atoms with Crippen molar-refractivity contribution < 1.29 is 4.74 Å². The summed E-state index contributed by atoms with van der Waals surface area (Å²) >= 11 is 3.73. The van der Waals surface area contributed by atoms with Crippen LogP contribution in [0, 0.1) is 6.92 Å². The van der Waals surface area contributed by atoms with Gasteiger partial charge in [-0.3, -0.25) is 0 Å². The number of aromatic nitrogens is 1. The predicted molar refractivity (Wildman–Crippen MR) is 86.9 cm³/mol. The minimum absolute atomic E-state index is 0.392. The first-order chi connectivity index (χ1) is 9.78. The number of thiazole rings is 1. The van der Waals surface area contributed by atoms with Crippen molar-refractivity contribution in [3.63, 3.8) is 0 Å². The van der Waals surface area contributed by atoms with E-state index in [4.69, 9.17) is 9.72 Å². The number of aryl methyl sites for hydroxylation is 1. The van der Waals surface area contributed by atoms with Crippen molar-refractivity contribution >= 4 is 23.1 Å². The largest absolute Gasteiger partial charge is 0.496 e. The number of rotatable bonds is 3. The third-order valence-electron chi connectivity index (χ3n) is 3.37. The molecule has 3 rings (SSSR count). The van der Waals surface area contributed by atoms with E-state index in [1.54, 1.807) is 18.4 Å². The van der Waals surface area contributed by atoms with E-state index in [9.17, 15) is 0 Å². The molecule has 2 heterocycles. The van der Waals surface area contributed by atoms with Crippen LogP contribution in [0.1, 0.15) is 16.6 Å². The summed E-state index contributed by atoms with van der Waals surface area (Å²) in [5.41, 5.74) is 3.32. The first-order valence-electron chi connectivity index (χ1n) is 6.69. The molecule has 0 bridgehead atoms. The van der Waals surface area contributed by atoms with Crippen LogP contribution in [0.25, 0.3) is 11.3 Å². The van der Waals surface area contributed by atoms with Crippen LogP contribution in [0.5, 0.6) is 5.75 Å². The molecule has 2 aromatic rings. The van der Waals surface area contributed by atoms with Crippen LogP contribution in [0.15, 0.2) is 23.6 Å². The van der Waals surface area contributed by atoms with E-state index in [1.165, 1.54) is 16.3 Å². The molecule has 1 aliphatic rings. The lowest BCUT2D eigenvalue weighted by molar-refractivity contribution is 0.416. The Bertz CT molecular complexity index is 591. The van der Waals surface area contributed by atoms with Gasteiger partial charge in [0.15, 0.2) is 0 Å². The Morgan fingerprint density at radius 2 is 2.30 bits per heavy atom. The Labute approximate surface area is 127 Å². The molecular weight excluding hydrogens is 288 g/mol. The molecular formula is C15H18N2OS2. The lowest BCUT2D eigenvalue weighted by Crippen LogP contribution is -2.30. The third kappa shape index (κ3) is 2.85. The van der Waals surface area contributed by atoms with Gasteiger partial charge in [-0.05, 0) is 19.1 Å². The first-order valence-corrected chi connectivity index (χ1v) is 8.73. The van der Waals surface area contributed by atoms with Gasteiger partial charge in [0.2, 0.25) is 0 Å². The van der Waals surface area contributed by atoms with Crippen molar-refractivity contribution in [1.29, 1.82) is 0 Å². The highest BCUT2D eigenvalue weighted by atomic mass is 32.2. The van der Waals surface area contributed by atoms with Crippen molar-refractivity contribution in [2.24, 2.45) is 0 Å². The Morgan fingerprint density at radius 3 is 3.05 bits per heavy atom. The van der Waals surface area contributed by atoms with Crippen LogP contribution in [0.4, 0.5) is 0 Å². The maximum Gasteiger partial charge on any atom is 0.128 e. The van der Waals surface area contributed by atoms with Crippen LogP contribution >= 0.6 is 23.1 Å². The molecule has 1 aromatic carbocycles. The standard InChI is InChI=1S/C15H18N2OS2/c1-10-3-4-14(18-2)11(7-10)12-9-20-15(17-12)13-8-19-6-5-16-13/h3-4,7,9,13,16H,5-6,8H2,1-2H3. The number of nitrogens with zero attached hydrogens (tertiary/aromatic N) is 1. The molecule has 0 aliphatic carbocycles. The number of hydrogen-bond acceptors (Lipinski definition) is 5. The van der Waals surface area contributed by atoms with Gasteiger partial charge in [-0.2, -0.15) is 11.8 Å². The highest BCUT2D eigenvalue weighted by Crippen LogP contribution is 2.34. The summed E-state index contributed by atoms with van der Waals surface area (Å²) < 4.78 is 5.45. The van der Waals surface area contributed by atoms with Gasteiger partial charge < -0.3 is 10.1 Å². The fraction of sp³-hybridized carbons (Fsp3) is 0.400. The number of nitrogens with one attached hydrogen (secondary N) is 1. The first kappa shape index (κ1) is 13.9. The highest BCUT2D eigenvalue weighted by Gasteiger charge is 2.19. The van der Waals surface area contributed by atoms with Gasteiger partial charge in [0, 0.05) is 29.0 Å².